The molecule has 522 valence electrons. The van der Waals surface area contributed by atoms with E-state index in [1.54, 1.807) is 0 Å². The van der Waals surface area contributed by atoms with Crippen LogP contribution in [-0.2, 0) is 65.4 Å². The van der Waals surface area contributed by atoms with Crippen LogP contribution in [0.2, 0.25) is 0 Å². The Balaban J connectivity index is 5.13. The molecule has 0 aromatic heterocycles. The maximum absolute atomic E-state index is 13.0. The molecule has 0 saturated carbocycles. The highest BCUT2D eigenvalue weighted by molar-refractivity contribution is 7.47. The number of hydrogen-bond acceptors (Lipinski definition) is 15. The lowest BCUT2D eigenvalue weighted by atomic mass is 10.0. The first-order valence-electron chi connectivity index (χ1n) is 36.1. The predicted octanol–water partition coefficient (Wildman–Crippen LogP) is 19.7. The molecule has 88 heavy (non-hydrogen) atoms. The zero-order chi connectivity index (χ0) is 64.9. The van der Waals surface area contributed by atoms with E-state index in [1.807, 2.05) is 0 Å². The van der Waals surface area contributed by atoms with Crippen LogP contribution in [0.4, 0.5) is 0 Å². The third-order valence-electron chi connectivity index (χ3n) is 16.0. The van der Waals surface area contributed by atoms with E-state index < -0.39 is 97.5 Å². The maximum atomic E-state index is 13.0. The van der Waals surface area contributed by atoms with Gasteiger partial charge in [-0.05, 0) is 31.6 Å². The number of unbranched alkanes of at least 4 members (excludes halogenated alkanes) is 41. The largest absolute Gasteiger partial charge is 0.472 e. The molecule has 0 aliphatic heterocycles. The molecule has 0 aliphatic rings. The quantitative estimate of drug-likeness (QED) is 0.0222. The summed E-state index contributed by atoms with van der Waals surface area (Å²) in [5.74, 6) is -1.44. The van der Waals surface area contributed by atoms with Crippen molar-refractivity contribution < 1.29 is 80.2 Å². The van der Waals surface area contributed by atoms with Crippen molar-refractivity contribution >= 4 is 39.5 Å². The first-order chi connectivity index (χ1) is 42.5. The van der Waals surface area contributed by atoms with Gasteiger partial charge in [0.2, 0.25) is 0 Å². The summed E-state index contributed by atoms with van der Waals surface area (Å²) in [6.45, 7) is 7.08. The molecule has 3 N–H and O–H groups in total. The van der Waals surface area contributed by atoms with Crippen LogP contribution in [0, 0.1) is 5.92 Å². The molecule has 0 amide bonds. The molecule has 0 bridgehead atoms. The van der Waals surface area contributed by atoms with Crippen molar-refractivity contribution in [2.24, 2.45) is 5.92 Å². The minimum Gasteiger partial charge on any atom is -0.462 e. The zero-order valence-electron chi connectivity index (χ0n) is 56.9. The van der Waals surface area contributed by atoms with Crippen molar-refractivity contribution in [3.8, 4) is 0 Å². The number of aliphatic hydroxyl groups excluding tert-OH is 1. The summed E-state index contributed by atoms with van der Waals surface area (Å²) < 4.78 is 68.0. The molecule has 0 heterocycles. The molecule has 0 aliphatic carbocycles. The van der Waals surface area contributed by atoms with Gasteiger partial charge in [-0.3, -0.25) is 37.3 Å². The second-order valence-corrected chi connectivity index (χ2v) is 28.3. The lowest BCUT2D eigenvalue weighted by Crippen LogP contribution is -2.30. The van der Waals surface area contributed by atoms with Crippen molar-refractivity contribution in [1.29, 1.82) is 0 Å². The Morgan fingerprint density at radius 1 is 0.307 bits per heavy atom. The molecule has 0 saturated heterocycles. The van der Waals surface area contributed by atoms with E-state index >= 15 is 0 Å². The highest BCUT2D eigenvalue weighted by atomic mass is 31.2. The normalized spacial score (nSPS) is 14.1. The van der Waals surface area contributed by atoms with Crippen LogP contribution < -0.4 is 0 Å². The first-order valence-corrected chi connectivity index (χ1v) is 39.1. The van der Waals surface area contributed by atoms with E-state index in [1.165, 1.54) is 173 Å². The van der Waals surface area contributed by atoms with E-state index in [0.717, 1.165) is 96.3 Å². The molecule has 17 nitrogen and oxygen atoms in total. The van der Waals surface area contributed by atoms with E-state index in [9.17, 15) is 43.2 Å². The lowest BCUT2D eigenvalue weighted by molar-refractivity contribution is -0.161. The van der Waals surface area contributed by atoms with Crippen LogP contribution in [0.5, 0.6) is 0 Å². The average Bonchev–Trinajstić information content (AvgIpc) is 3.65. The summed E-state index contributed by atoms with van der Waals surface area (Å²) in [5.41, 5.74) is 0. The van der Waals surface area contributed by atoms with Crippen LogP contribution in [0.15, 0.2) is 0 Å². The van der Waals surface area contributed by atoms with E-state index in [2.05, 4.69) is 34.6 Å². The highest BCUT2D eigenvalue weighted by Crippen LogP contribution is 2.45. The number of ether oxygens (including phenoxy) is 4. The van der Waals surface area contributed by atoms with Gasteiger partial charge in [-0.2, -0.15) is 0 Å². The molecular weight excluding hydrogens is 1160 g/mol. The topological polar surface area (TPSA) is 237 Å². The van der Waals surface area contributed by atoms with Crippen LogP contribution >= 0.6 is 15.6 Å². The predicted molar refractivity (Wildman–Crippen MR) is 354 cm³/mol. The average molecular weight is 1300 g/mol. The number of hydrogen-bond donors (Lipinski definition) is 3. The maximum Gasteiger partial charge on any atom is 0.472 e. The molecule has 19 heteroatoms. The Hall–Kier alpha value is -1.94. The molecule has 0 rings (SSSR count). The number of rotatable bonds is 69. The number of phosphoric acid groups is 2. The second-order valence-electron chi connectivity index (χ2n) is 25.4. The van der Waals surface area contributed by atoms with Gasteiger partial charge in [-0.25, -0.2) is 9.13 Å². The van der Waals surface area contributed by atoms with Crippen LogP contribution in [0.1, 0.15) is 356 Å². The van der Waals surface area contributed by atoms with Gasteiger partial charge in [0.05, 0.1) is 26.4 Å². The minimum atomic E-state index is -4.95. The fourth-order valence-corrected chi connectivity index (χ4v) is 12.0. The number of aliphatic hydroxyl groups is 1. The number of phosphoric ester groups is 2. The van der Waals surface area contributed by atoms with Gasteiger partial charge in [-0.15, -0.1) is 0 Å². The Morgan fingerprint density at radius 3 is 0.773 bits per heavy atom. The van der Waals surface area contributed by atoms with Gasteiger partial charge in [0.1, 0.15) is 19.3 Å². The third-order valence-corrected chi connectivity index (χ3v) is 17.9. The van der Waals surface area contributed by atoms with Gasteiger partial charge < -0.3 is 33.8 Å². The van der Waals surface area contributed by atoms with Gasteiger partial charge in [-0.1, -0.05) is 304 Å². The molecule has 2 unspecified atom stereocenters. The van der Waals surface area contributed by atoms with E-state index in [4.69, 9.17) is 37.0 Å². The monoisotopic (exact) mass is 1300 g/mol. The number of carbonyl (C=O) groups is 4. The Bertz CT molecular complexity index is 1700. The molecule has 0 aromatic carbocycles. The lowest BCUT2D eigenvalue weighted by Gasteiger charge is -2.21. The van der Waals surface area contributed by atoms with Crippen molar-refractivity contribution in [3.63, 3.8) is 0 Å². The molecule has 0 fully saturated rings. The van der Waals surface area contributed by atoms with Crippen molar-refractivity contribution in [2.75, 3.05) is 39.6 Å². The van der Waals surface area contributed by atoms with Crippen LogP contribution in [0.3, 0.4) is 0 Å². The summed E-state index contributed by atoms with van der Waals surface area (Å²) in [4.78, 5) is 72.2. The van der Waals surface area contributed by atoms with Gasteiger partial charge in [0, 0.05) is 25.7 Å². The molecule has 0 spiro atoms. The standard InChI is InChI=1S/C69H134O17P2/c1-6-9-12-15-17-19-21-23-25-26-27-28-29-31-33-35-39-44-49-54-68(73)86-65(59-80-67(72)53-48-43-38-34-32-30-24-22-20-18-16-13-10-7-2)61-84-88(77,78)82-57-63(70)56-81-87(75,76)83-60-64(58-79-66(71)52-47-41-14-11-8-3)85-69(74)55-50-45-40-36-37-42-46-51-62(4)5/h62-65,70H,6-61H2,1-5H3,(H,75,76)(H,77,78)/t63-,64+,65+/m0/s1. The number of carbonyl (C=O) groups excluding carboxylic acids is 4. The van der Waals surface area contributed by atoms with E-state index in [-0.39, 0.29) is 25.7 Å². The molecule has 5 atom stereocenters. The smallest absolute Gasteiger partial charge is 0.462 e. The second kappa shape index (κ2) is 62.5. The summed E-state index contributed by atoms with van der Waals surface area (Å²) >= 11 is 0. The van der Waals surface area contributed by atoms with Crippen LogP contribution in [-0.4, -0.2) is 96.7 Å². The Labute approximate surface area is 537 Å². The summed E-state index contributed by atoms with van der Waals surface area (Å²) in [7, 11) is -9.89. The van der Waals surface area contributed by atoms with Crippen molar-refractivity contribution in [2.45, 2.75) is 374 Å². The molecular formula is C69H134O17P2. The molecule has 0 aromatic rings. The highest BCUT2D eigenvalue weighted by Gasteiger charge is 2.30. The molecule has 0 radical (unpaired) electrons. The van der Waals surface area contributed by atoms with Crippen molar-refractivity contribution in [1.82, 2.24) is 0 Å². The van der Waals surface area contributed by atoms with Crippen molar-refractivity contribution in [3.05, 3.63) is 0 Å². The van der Waals surface area contributed by atoms with Gasteiger partial charge >= 0.3 is 39.5 Å². The first kappa shape index (κ1) is 86.1. The fraction of sp³-hybridized carbons (Fsp3) is 0.942. The third kappa shape index (κ3) is 62.8. The SMILES string of the molecule is CCCCCCCCCCCCCCCCCCCCCC(=O)O[C@H](COC(=O)CCCCCCCCCCCCCCCC)COP(=O)(O)OC[C@@H](O)COP(=O)(O)OC[C@@H](COC(=O)CCCCCCC)OC(=O)CCCCCCCCCC(C)C. The van der Waals surface area contributed by atoms with Gasteiger partial charge in [0.15, 0.2) is 12.2 Å². The Kier molecular flexibility index (Phi) is 61.1. The van der Waals surface area contributed by atoms with Gasteiger partial charge in [0.25, 0.3) is 0 Å². The summed E-state index contributed by atoms with van der Waals surface area (Å²) in [6, 6.07) is 0. The zero-order valence-corrected chi connectivity index (χ0v) is 58.6. The van der Waals surface area contributed by atoms with Crippen LogP contribution in [0.25, 0.3) is 0 Å². The fourth-order valence-electron chi connectivity index (χ4n) is 10.5. The van der Waals surface area contributed by atoms with E-state index in [0.29, 0.717) is 31.6 Å². The minimum absolute atomic E-state index is 0.103. The summed E-state index contributed by atoms with van der Waals surface area (Å²) in [5, 5.41) is 10.5. The Morgan fingerprint density at radius 2 is 0.523 bits per heavy atom. The number of esters is 4. The summed E-state index contributed by atoms with van der Waals surface area (Å²) in [6.07, 6.45) is 49.1.